The second kappa shape index (κ2) is 6.18. The van der Waals surface area contributed by atoms with E-state index in [0.717, 1.165) is 4.47 Å². The fraction of sp³-hybridized carbons (Fsp3) is 0.600. The van der Waals surface area contributed by atoms with Crippen molar-refractivity contribution in [1.29, 1.82) is 0 Å². The molecule has 3 atom stereocenters. The number of benzene rings is 1. The van der Waals surface area contributed by atoms with Gasteiger partial charge in [0.1, 0.15) is 0 Å². The number of halogens is 1. The van der Waals surface area contributed by atoms with Crippen molar-refractivity contribution in [3.8, 4) is 0 Å². The maximum absolute atomic E-state index is 6.25. The second-order valence-electron chi connectivity index (χ2n) is 5.30. The molecule has 100 valence electrons. The summed E-state index contributed by atoms with van der Waals surface area (Å²) in [6, 6.07) is 9.84. The Morgan fingerprint density at radius 1 is 1.39 bits per heavy atom. The Balaban J connectivity index is 2.25. The van der Waals surface area contributed by atoms with E-state index in [0.29, 0.717) is 12.1 Å². The van der Waals surface area contributed by atoms with Crippen molar-refractivity contribution >= 4 is 15.9 Å². The molecule has 1 aromatic carbocycles. The van der Waals surface area contributed by atoms with E-state index in [1.807, 2.05) is 0 Å². The highest BCUT2D eigenvalue weighted by Crippen LogP contribution is 2.33. The summed E-state index contributed by atoms with van der Waals surface area (Å²) in [5.74, 6) is 0. The minimum atomic E-state index is 0.165. The SMILES string of the molecule is CCC1CCCN1C(c1ccc(Br)cc1)C(C)N. The van der Waals surface area contributed by atoms with Gasteiger partial charge in [0.05, 0.1) is 0 Å². The quantitative estimate of drug-likeness (QED) is 0.918. The molecule has 1 fully saturated rings. The van der Waals surface area contributed by atoms with E-state index in [4.69, 9.17) is 5.73 Å². The van der Waals surface area contributed by atoms with Crippen molar-refractivity contribution in [1.82, 2.24) is 4.90 Å². The van der Waals surface area contributed by atoms with E-state index in [2.05, 4.69) is 58.9 Å². The molecule has 2 N–H and O–H groups in total. The van der Waals surface area contributed by atoms with E-state index >= 15 is 0 Å². The molecule has 0 spiro atoms. The molecule has 3 unspecified atom stereocenters. The zero-order chi connectivity index (χ0) is 13.1. The van der Waals surface area contributed by atoms with Gasteiger partial charge in [-0.2, -0.15) is 0 Å². The zero-order valence-corrected chi connectivity index (χ0v) is 12.9. The first-order valence-corrected chi connectivity index (χ1v) is 7.69. The maximum atomic E-state index is 6.25. The fourth-order valence-electron chi connectivity index (χ4n) is 3.12. The summed E-state index contributed by atoms with van der Waals surface area (Å²) < 4.78 is 1.13. The molecule has 0 radical (unpaired) electrons. The lowest BCUT2D eigenvalue weighted by atomic mass is 9.98. The van der Waals surface area contributed by atoms with Crippen LogP contribution >= 0.6 is 15.9 Å². The van der Waals surface area contributed by atoms with Crippen molar-refractivity contribution in [3.63, 3.8) is 0 Å². The molecule has 0 aliphatic carbocycles. The lowest BCUT2D eigenvalue weighted by Gasteiger charge is -2.35. The standard InChI is InChI=1S/C15H23BrN2/c1-3-14-5-4-10-18(14)15(11(2)17)12-6-8-13(16)9-7-12/h6-9,11,14-15H,3-5,10,17H2,1-2H3. The summed E-state index contributed by atoms with van der Waals surface area (Å²) >= 11 is 3.50. The van der Waals surface area contributed by atoms with Crippen molar-refractivity contribution in [3.05, 3.63) is 34.3 Å². The molecule has 0 amide bonds. The molecule has 1 heterocycles. The van der Waals surface area contributed by atoms with Crippen LogP contribution in [0.1, 0.15) is 44.7 Å². The second-order valence-corrected chi connectivity index (χ2v) is 6.21. The van der Waals surface area contributed by atoms with Crippen LogP contribution in [-0.4, -0.2) is 23.5 Å². The Bertz CT molecular complexity index is 375. The predicted molar refractivity (Wildman–Crippen MR) is 80.6 cm³/mol. The third-order valence-electron chi connectivity index (χ3n) is 3.96. The van der Waals surface area contributed by atoms with Crippen LogP contribution in [-0.2, 0) is 0 Å². The summed E-state index contributed by atoms with van der Waals surface area (Å²) in [6.07, 6.45) is 3.84. The van der Waals surface area contributed by atoms with Gasteiger partial charge in [0.25, 0.3) is 0 Å². The third kappa shape index (κ3) is 2.95. The third-order valence-corrected chi connectivity index (χ3v) is 4.49. The summed E-state index contributed by atoms with van der Waals surface area (Å²) in [7, 11) is 0. The number of hydrogen-bond acceptors (Lipinski definition) is 2. The molecule has 18 heavy (non-hydrogen) atoms. The van der Waals surface area contributed by atoms with Crippen LogP contribution in [0.5, 0.6) is 0 Å². The van der Waals surface area contributed by atoms with Crippen molar-refractivity contribution in [2.24, 2.45) is 5.73 Å². The van der Waals surface area contributed by atoms with Crippen LogP contribution in [0, 0.1) is 0 Å². The lowest BCUT2D eigenvalue weighted by molar-refractivity contribution is 0.157. The topological polar surface area (TPSA) is 29.3 Å². The monoisotopic (exact) mass is 310 g/mol. The van der Waals surface area contributed by atoms with Crippen LogP contribution in [0.15, 0.2) is 28.7 Å². The number of rotatable bonds is 4. The summed E-state index contributed by atoms with van der Waals surface area (Å²) in [6.45, 7) is 5.58. The van der Waals surface area contributed by atoms with Gasteiger partial charge in [-0.1, -0.05) is 35.0 Å². The predicted octanol–water partition coefficient (Wildman–Crippen LogP) is 3.71. The zero-order valence-electron chi connectivity index (χ0n) is 11.3. The average Bonchev–Trinajstić information content (AvgIpc) is 2.79. The summed E-state index contributed by atoms with van der Waals surface area (Å²) in [5.41, 5.74) is 7.59. The molecular formula is C15H23BrN2. The highest BCUT2D eigenvalue weighted by Gasteiger charge is 2.32. The first kappa shape index (κ1) is 14.0. The molecule has 2 rings (SSSR count). The van der Waals surface area contributed by atoms with Crippen molar-refractivity contribution in [2.45, 2.75) is 51.2 Å². The van der Waals surface area contributed by atoms with E-state index < -0.39 is 0 Å². The van der Waals surface area contributed by atoms with Crippen molar-refractivity contribution in [2.75, 3.05) is 6.54 Å². The van der Waals surface area contributed by atoms with E-state index in [-0.39, 0.29) is 6.04 Å². The molecular weight excluding hydrogens is 288 g/mol. The molecule has 0 saturated carbocycles. The van der Waals surface area contributed by atoms with Gasteiger partial charge in [-0.15, -0.1) is 0 Å². The first-order valence-electron chi connectivity index (χ1n) is 6.90. The molecule has 1 aliphatic heterocycles. The van der Waals surface area contributed by atoms with Gasteiger partial charge in [0.15, 0.2) is 0 Å². The maximum Gasteiger partial charge on any atom is 0.0499 e. The molecule has 1 saturated heterocycles. The average molecular weight is 311 g/mol. The highest BCUT2D eigenvalue weighted by atomic mass is 79.9. The number of nitrogens with zero attached hydrogens (tertiary/aromatic N) is 1. The fourth-order valence-corrected chi connectivity index (χ4v) is 3.38. The van der Waals surface area contributed by atoms with Crippen molar-refractivity contribution < 1.29 is 0 Å². The van der Waals surface area contributed by atoms with Crippen LogP contribution < -0.4 is 5.73 Å². The smallest absolute Gasteiger partial charge is 0.0499 e. The highest BCUT2D eigenvalue weighted by molar-refractivity contribution is 9.10. The normalized spacial score (nSPS) is 24.1. The Hall–Kier alpha value is -0.380. The molecule has 0 aromatic heterocycles. The van der Waals surface area contributed by atoms with E-state index in [9.17, 15) is 0 Å². The van der Waals surface area contributed by atoms with Gasteiger partial charge in [0.2, 0.25) is 0 Å². The number of likely N-dealkylation sites (tertiary alicyclic amines) is 1. The van der Waals surface area contributed by atoms with Gasteiger partial charge in [-0.05, 0) is 50.4 Å². The first-order chi connectivity index (χ1) is 8.63. The summed E-state index contributed by atoms with van der Waals surface area (Å²) in [5, 5.41) is 0. The Morgan fingerprint density at radius 3 is 2.61 bits per heavy atom. The Labute approximate surface area is 119 Å². The van der Waals surface area contributed by atoms with E-state index in [1.54, 1.807) is 0 Å². The summed E-state index contributed by atoms with van der Waals surface area (Å²) in [4.78, 5) is 2.61. The van der Waals surface area contributed by atoms with Crippen LogP contribution in [0.25, 0.3) is 0 Å². The Morgan fingerprint density at radius 2 is 2.06 bits per heavy atom. The molecule has 1 aliphatic rings. The Kier molecular flexibility index (Phi) is 4.82. The van der Waals surface area contributed by atoms with E-state index in [1.165, 1.54) is 31.4 Å². The minimum Gasteiger partial charge on any atom is -0.326 e. The van der Waals surface area contributed by atoms with Crippen LogP contribution in [0.3, 0.4) is 0 Å². The molecule has 3 heteroatoms. The largest absolute Gasteiger partial charge is 0.326 e. The van der Waals surface area contributed by atoms with Gasteiger partial charge in [0, 0.05) is 22.6 Å². The number of hydrogen-bond donors (Lipinski definition) is 1. The minimum absolute atomic E-state index is 0.165. The molecule has 0 bridgehead atoms. The van der Waals surface area contributed by atoms with Gasteiger partial charge in [-0.3, -0.25) is 4.90 Å². The van der Waals surface area contributed by atoms with Crippen LogP contribution in [0.2, 0.25) is 0 Å². The number of nitrogens with two attached hydrogens (primary N) is 1. The molecule has 1 aromatic rings. The van der Waals surface area contributed by atoms with Crippen LogP contribution in [0.4, 0.5) is 0 Å². The van der Waals surface area contributed by atoms with Gasteiger partial charge >= 0.3 is 0 Å². The molecule has 2 nitrogen and oxygen atoms in total. The lowest BCUT2D eigenvalue weighted by Crippen LogP contribution is -2.41. The van der Waals surface area contributed by atoms with Gasteiger partial charge < -0.3 is 5.73 Å². The van der Waals surface area contributed by atoms with Gasteiger partial charge in [-0.25, -0.2) is 0 Å².